The molecule has 0 amide bonds. The van der Waals surface area contributed by atoms with Crippen molar-refractivity contribution in [2.45, 2.75) is 12.5 Å². The summed E-state index contributed by atoms with van der Waals surface area (Å²) >= 11 is 0. The van der Waals surface area contributed by atoms with Crippen LogP contribution in [0.1, 0.15) is 18.1 Å². The van der Waals surface area contributed by atoms with E-state index < -0.39 is 12.1 Å². The van der Waals surface area contributed by atoms with Crippen molar-refractivity contribution in [3.8, 4) is 0 Å². The van der Waals surface area contributed by atoms with Crippen molar-refractivity contribution in [3.05, 3.63) is 42.1 Å². The number of fused-ring (bicyclic) bond motifs is 1. The number of carboxylic acid groups (broad SMARTS) is 1. The Hall–Kier alpha value is -1.94. The minimum atomic E-state index is -1.02. The van der Waals surface area contributed by atoms with Gasteiger partial charge < -0.3 is 10.2 Å². The Labute approximate surface area is 92.2 Å². The number of carbonyl (C=O) groups is 1. The Morgan fingerprint density at radius 1 is 1.38 bits per heavy atom. The van der Waals surface area contributed by atoms with E-state index in [1.807, 2.05) is 18.2 Å². The van der Waals surface area contributed by atoms with E-state index in [-0.39, 0.29) is 6.42 Å². The van der Waals surface area contributed by atoms with Gasteiger partial charge in [0, 0.05) is 11.6 Å². The van der Waals surface area contributed by atoms with Crippen LogP contribution in [0.4, 0.5) is 0 Å². The second-order valence-electron chi connectivity index (χ2n) is 3.57. The molecule has 1 aromatic heterocycles. The average molecular weight is 217 g/mol. The minimum absolute atomic E-state index is 0.293. The number of aromatic nitrogens is 1. The van der Waals surface area contributed by atoms with E-state index in [0.29, 0.717) is 5.56 Å². The molecule has 1 heterocycles. The van der Waals surface area contributed by atoms with Gasteiger partial charge in [0.25, 0.3) is 0 Å². The Kier molecular flexibility index (Phi) is 2.83. The zero-order chi connectivity index (χ0) is 11.5. The van der Waals surface area contributed by atoms with Gasteiger partial charge in [-0.1, -0.05) is 18.2 Å². The fraction of sp³-hybridized carbons (Fsp3) is 0.167. The van der Waals surface area contributed by atoms with Crippen LogP contribution in [0, 0.1) is 0 Å². The number of aliphatic hydroxyl groups is 1. The van der Waals surface area contributed by atoms with Crippen LogP contribution in [0.3, 0.4) is 0 Å². The number of aliphatic hydroxyl groups excluding tert-OH is 1. The molecule has 0 saturated heterocycles. The number of nitrogens with zero attached hydrogens (tertiary/aromatic N) is 1. The first-order valence-corrected chi connectivity index (χ1v) is 4.91. The van der Waals surface area contributed by atoms with Crippen LogP contribution in [0.15, 0.2) is 36.5 Å². The summed E-state index contributed by atoms with van der Waals surface area (Å²) in [5, 5.41) is 19.2. The van der Waals surface area contributed by atoms with Gasteiger partial charge in [-0.2, -0.15) is 0 Å². The third-order valence-electron chi connectivity index (χ3n) is 2.38. The van der Waals surface area contributed by atoms with Crippen molar-refractivity contribution in [2.24, 2.45) is 0 Å². The first-order chi connectivity index (χ1) is 7.66. The molecule has 2 aromatic rings. The maximum atomic E-state index is 10.5. The third kappa shape index (κ3) is 2.17. The average Bonchev–Trinajstić information content (AvgIpc) is 2.27. The molecule has 1 atom stereocenters. The van der Waals surface area contributed by atoms with E-state index in [2.05, 4.69) is 4.98 Å². The summed E-state index contributed by atoms with van der Waals surface area (Å²) in [6, 6.07) is 8.99. The lowest BCUT2D eigenvalue weighted by Gasteiger charge is -2.08. The van der Waals surface area contributed by atoms with Crippen molar-refractivity contribution < 1.29 is 15.0 Å². The zero-order valence-corrected chi connectivity index (χ0v) is 8.50. The molecule has 0 bridgehead atoms. The zero-order valence-electron chi connectivity index (χ0n) is 8.50. The van der Waals surface area contributed by atoms with Crippen molar-refractivity contribution in [3.63, 3.8) is 0 Å². The lowest BCUT2D eigenvalue weighted by molar-refractivity contribution is -0.139. The summed E-state index contributed by atoms with van der Waals surface area (Å²) in [5.41, 5.74) is 1.33. The van der Waals surface area contributed by atoms with Crippen LogP contribution in [0.2, 0.25) is 0 Å². The third-order valence-corrected chi connectivity index (χ3v) is 2.38. The van der Waals surface area contributed by atoms with Crippen LogP contribution in [-0.2, 0) is 4.79 Å². The lowest BCUT2D eigenvalue weighted by atomic mass is 10.0. The van der Waals surface area contributed by atoms with E-state index in [1.54, 1.807) is 18.3 Å². The summed E-state index contributed by atoms with van der Waals surface area (Å²) in [7, 11) is 0. The monoisotopic (exact) mass is 217 g/mol. The standard InChI is InChI=1S/C12H11NO3/c14-11(7-12(15)16)9-4-3-8-2-1-5-13-10(8)6-9/h1-6,11,14H,7H2,(H,15,16)/t11-/m0/s1. The highest BCUT2D eigenvalue weighted by molar-refractivity contribution is 5.79. The maximum Gasteiger partial charge on any atom is 0.306 e. The van der Waals surface area contributed by atoms with Crippen LogP contribution in [0.5, 0.6) is 0 Å². The SMILES string of the molecule is O=C(O)C[C@H](O)c1ccc2cccnc2c1. The van der Waals surface area contributed by atoms with Gasteiger partial charge >= 0.3 is 5.97 Å². The molecule has 0 aliphatic rings. The Morgan fingerprint density at radius 3 is 2.94 bits per heavy atom. The fourth-order valence-corrected chi connectivity index (χ4v) is 1.57. The molecule has 0 saturated carbocycles. The van der Waals surface area contributed by atoms with Crippen molar-refractivity contribution >= 4 is 16.9 Å². The van der Waals surface area contributed by atoms with Gasteiger partial charge in [0.05, 0.1) is 18.0 Å². The molecule has 82 valence electrons. The number of rotatable bonds is 3. The molecule has 4 heteroatoms. The Morgan fingerprint density at radius 2 is 2.19 bits per heavy atom. The number of aliphatic carboxylic acids is 1. The van der Waals surface area contributed by atoms with Crippen molar-refractivity contribution in [1.82, 2.24) is 4.98 Å². The van der Waals surface area contributed by atoms with Crippen LogP contribution in [0.25, 0.3) is 10.9 Å². The first kappa shape index (κ1) is 10.6. The summed E-state index contributed by atoms with van der Waals surface area (Å²) < 4.78 is 0. The van der Waals surface area contributed by atoms with E-state index in [9.17, 15) is 9.90 Å². The Bertz CT molecular complexity index is 524. The Balaban J connectivity index is 2.35. The van der Waals surface area contributed by atoms with Gasteiger partial charge in [-0.25, -0.2) is 0 Å². The smallest absolute Gasteiger partial charge is 0.306 e. The molecule has 0 unspecified atom stereocenters. The van der Waals surface area contributed by atoms with Gasteiger partial charge in [0.1, 0.15) is 0 Å². The molecular weight excluding hydrogens is 206 g/mol. The number of hydrogen-bond donors (Lipinski definition) is 2. The topological polar surface area (TPSA) is 70.4 Å². The highest BCUT2D eigenvalue weighted by Gasteiger charge is 2.12. The normalized spacial score (nSPS) is 12.6. The summed E-state index contributed by atoms with van der Waals surface area (Å²) in [6.45, 7) is 0. The van der Waals surface area contributed by atoms with Crippen LogP contribution in [-0.4, -0.2) is 21.2 Å². The summed E-state index contributed by atoms with van der Waals surface area (Å²) in [6.07, 6.45) is 0.387. The number of hydrogen-bond acceptors (Lipinski definition) is 3. The van der Waals surface area contributed by atoms with Crippen molar-refractivity contribution in [2.75, 3.05) is 0 Å². The number of carboxylic acids is 1. The molecule has 0 radical (unpaired) electrons. The molecule has 0 fully saturated rings. The van der Waals surface area contributed by atoms with Crippen molar-refractivity contribution in [1.29, 1.82) is 0 Å². The summed E-state index contributed by atoms with van der Waals surface area (Å²) in [5.74, 6) is -1.02. The predicted octanol–water partition coefficient (Wildman–Crippen LogP) is 1.74. The summed E-state index contributed by atoms with van der Waals surface area (Å²) in [4.78, 5) is 14.6. The molecular formula is C12H11NO3. The largest absolute Gasteiger partial charge is 0.481 e. The first-order valence-electron chi connectivity index (χ1n) is 4.91. The quantitative estimate of drug-likeness (QED) is 0.821. The highest BCUT2D eigenvalue weighted by atomic mass is 16.4. The van der Waals surface area contributed by atoms with E-state index in [4.69, 9.17) is 5.11 Å². The predicted molar refractivity (Wildman–Crippen MR) is 59.0 cm³/mol. The van der Waals surface area contributed by atoms with E-state index in [0.717, 1.165) is 10.9 Å². The van der Waals surface area contributed by atoms with Crippen LogP contribution < -0.4 is 0 Å². The molecule has 2 N–H and O–H groups in total. The van der Waals surface area contributed by atoms with E-state index in [1.165, 1.54) is 0 Å². The maximum absolute atomic E-state index is 10.5. The van der Waals surface area contributed by atoms with E-state index >= 15 is 0 Å². The van der Waals surface area contributed by atoms with Gasteiger partial charge in [-0.05, 0) is 17.7 Å². The molecule has 0 aliphatic heterocycles. The van der Waals surface area contributed by atoms with Crippen LogP contribution >= 0.6 is 0 Å². The molecule has 2 rings (SSSR count). The number of benzene rings is 1. The second-order valence-corrected chi connectivity index (χ2v) is 3.57. The fourth-order valence-electron chi connectivity index (χ4n) is 1.57. The molecule has 4 nitrogen and oxygen atoms in total. The molecule has 0 spiro atoms. The van der Waals surface area contributed by atoms with Gasteiger partial charge in [-0.15, -0.1) is 0 Å². The molecule has 16 heavy (non-hydrogen) atoms. The molecule has 0 aliphatic carbocycles. The van der Waals surface area contributed by atoms with Gasteiger partial charge in [0.15, 0.2) is 0 Å². The number of pyridine rings is 1. The van der Waals surface area contributed by atoms with Gasteiger partial charge in [0.2, 0.25) is 0 Å². The second kappa shape index (κ2) is 4.28. The highest BCUT2D eigenvalue weighted by Crippen LogP contribution is 2.20. The minimum Gasteiger partial charge on any atom is -0.481 e. The van der Waals surface area contributed by atoms with Gasteiger partial charge in [-0.3, -0.25) is 9.78 Å². The molecule has 1 aromatic carbocycles. The lowest BCUT2D eigenvalue weighted by Crippen LogP contribution is -2.05.